The van der Waals surface area contributed by atoms with Gasteiger partial charge in [-0.15, -0.1) is 0 Å². The normalized spacial score (nSPS) is 29.4. The van der Waals surface area contributed by atoms with Crippen molar-refractivity contribution in [3.8, 4) is 0 Å². The highest BCUT2D eigenvalue weighted by Gasteiger charge is 2.23. The number of hydrogen-bond acceptors (Lipinski definition) is 2. The molecule has 0 aromatic heterocycles. The van der Waals surface area contributed by atoms with Crippen molar-refractivity contribution >= 4 is 0 Å². The maximum absolute atomic E-state index is 6.08. The van der Waals surface area contributed by atoms with E-state index in [0.29, 0.717) is 6.04 Å². The summed E-state index contributed by atoms with van der Waals surface area (Å²) < 4.78 is 0. The van der Waals surface area contributed by atoms with Crippen LogP contribution in [0.5, 0.6) is 0 Å². The van der Waals surface area contributed by atoms with Gasteiger partial charge in [0, 0.05) is 19.1 Å². The molecule has 2 N–H and O–H groups in total. The van der Waals surface area contributed by atoms with Gasteiger partial charge in [-0.2, -0.15) is 0 Å². The maximum atomic E-state index is 6.08. The van der Waals surface area contributed by atoms with Crippen LogP contribution in [-0.4, -0.2) is 30.6 Å². The summed E-state index contributed by atoms with van der Waals surface area (Å²) in [7, 11) is 0. The minimum atomic E-state index is 0.428. The van der Waals surface area contributed by atoms with Crippen molar-refractivity contribution in [3.05, 3.63) is 0 Å². The third-order valence-corrected chi connectivity index (χ3v) is 3.17. The summed E-state index contributed by atoms with van der Waals surface area (Å²) >= 11 is 0. The van der Waals surface area contributed by atoms with Crippen LogP contribution < -0.4 is 5.73 Å². The second kappa shape index (κ2) is 6.41. The lowest BCUT2D eigenvalue weighted by Crippen LogP contribution is -2.47. The monoisotopic (exact) mass is 198 g/mol. The second-order valence-corrected chi connectivity index (χ2v) is 4.76. The van der Waals surface area contributed by atoms with Gasteiger partial charge in [-0.05, 0) is 31.7 Å². The van der Waals surface area contributed by atoms with Crippen molar-refractivity contribution in [2.75, 3.05) is 19.6 Å². The number of nitrogens with zero attached hydrogens (tertiary/aromatic N) is 1. The van der Waals surface area contributed by atoms with Crippen molar-refractivity contribution in [2.24, 2.45) is 11.7 Å². The van der Waals surface area contributed by atoms with Gasteiger partial charge in [0.25, 0.3) is 0 Å². The molecular formula is C12H26N2. The van der Waals surface area contributed by atoms with E-state index in [1.807, 2.05) is 0 Å². The molecule has 2 nitrogen and oxygen atoms in total. The number of unbranched alkanes of at least 4 members (excludes halogenated alkanes) is 1. The zero-order chi connectivity index (χ0) is 10.4. The number of nitrogens with two attached hydrogens (primary N) is 1. The first-order valence-corrected chi connectivity index (χ1v) is 6.24. The van der Waals surface area contributed by atoms with Gasteiger partial charge < -0.3 is 10.6 Å². The molecule has 0 aromatic rings. The molecule has 14 heavy (non-hydrogen) atoms. The fraction of sp³-hybridized carbons (Fsp3) is 1.00. The van der Waals surface area contributed by atoms with Crippen LogP contribution in [0.2, 0.25) is 0 Å². The van der Waals surface area contributed by atoms with E-state index in [1.165, 1.54) is 45.2 Å². The van der Waals surface area contributed by atoms with Gasteiger partial charge >= 0.3 is 0 Å². The van der Waals surface area contributed by atoms with Crippen molar-refractivity contribution in [1.82, 2.24) is 4.90 Å². The van der Waals surface area contributed by atoms with E-state index in [1.54, 1.807) is 0 Å². The molecule has 0 aromatic carbocycles. The Labute approximate surface area is 88.8 Å². The summed E-state index contributed by atoms with van der Waals surface area (Å²) in [5.74, 6) is 0.862. The summed E-state index contributed by atoms with van der Waals surface area (Å²) in [5.41, 5.74) is 6.08. The lowest BCUT2D eigenvalue weighted by molar-refractivity contribution is 0.149. The molecule has 1 heterocycles. The van der Waals surface area contributed by atoms with Crippen LogP contribution in [0.25, 0.3) is 0 Å². The number of hydrogen-bond donors (Lipinski definition) is 1. The molecule has 0 spiro atoms. The molecule has 2 unspecified atom stereocenters. The van der Waals surface area contributed by atoms with E-state index in [-0.39, 0.29) is 0 Å². The Morgan fingerprint density at radius 1 is 1.21 bits per heavy atom. The van der Waals surface area contributed by atoms with Crippen LogP contribution in [-0.2, 0) is 0 Å². The Balaban J connectivity index is 2.29. The quantitative estimate of drug-likeness (QED) is 0.734. The number of piperidine rings is 1. The molecule has 2 atom stereocenters. The topological polar surface area (TPSA) is 29.3 Å². The van der Waals surface area contributed by atoms with Gasteiger partial charge in [0.2, 0.25) is 0 Å². The Morgan fingerprint density at radius 2 is 2.00 bits per heavy atom. The zero-order valence-corrected chi connectivity index (χ0v) is 9.84. The van der Waals surface area contributed by atoms with Crippen LogP contribution in [0.1, 0.15) is 46.0 Å². The lowest BCUT2D eigenvalue weighted by Gasteiger charge is -2.36. The minimum absolute atomic E-state index is 0.428. The minimum Gasteiger partial charge on any atom is -0.327 e. The summed E-state index contributed by atoms with van der Waals surface area (Å²) in [6.07, 6.45) is 6.53. The Hall–Kier alpha value is -0.0800. The Morgan fingerprint density at radius 3 is 2.64 bits per heavy atom. The van der Waals surface area contributed by atoms with Crippen molar-refractivity contribution < 1.29 is 0 Å². The molecule has 2 heteroatoms. The average molecular weight is 198 g/mol. The van der Waals surface area contributed by atoms with E-state index >= 15 is 0 Å². The van der Waals surface area contributed by atoms with Crippen LogP contribution in [0.15, 0.2) is 0 Å². The highest BCUT2D eigenvalue weighted by molar-refractivity contribution is 4.80. The van der Waals surface area contributed by atoms with E-state index < -0.39 is 0 Å². The first kappa shape index (κ1) is 12.0. The summed E-state index contributed by atoms with van der Waals surface area (Å²) in [6.45, 7) is 8.20. The van der Waals surface area contributed by atoms with Crippen molar-refractivity contribution in [3.63, 3.8) is 0 Å². The molecule has 0 aliphatic carbocycles. The molecule has 1 rings (SSSR count). The molecule has 0 bridgehead atoms. The first-order chi connectivity index (χ1) is 6.76. The molecule has 1 aliphatic rings. The predicted molar refractivity (Wildman–Crippen MR) is 62.3 cm³/mol. The Kier molecular flexibility index (Phi) is 5.49. The van der Waals surface area contributed by atoms with Crippen LogP contribution in [0.4, 0.5) is 0 Å². The van der Waals surface area contributed by atoms with Crippen molar-refractivity contribution in [1.29, 1.82) is 0 Å². The average Bonchev–Trinajstić information content (AvgIpc) is 2.14. The van der Waals surface area contributed by atoms with E-state index in [4.69, 9.17) is 5.73 Å². The summed E-state index contributed by atoms with van der Waals surface area (Å²) in [6, 6.07) is 0.428. The van der Waals surface area contributed by atoms with E-state index in [0.717, 1.165) is 12.5 Å². The highest BCUT2D eigenvalue weighted by atomic mass is 15.1. The van der Waals surface area contributed by atoms with Crippen LogP contribution >= 0.6 is 0 Å². The van der Waals surface area contributed by atoms with E-state index in [9.17, 15) is 0 Å². The van der Waals surface area contributed by atoms with Gasteiger partial charge in [-0.3, -0.25) is 0 Å². The number of likely N-dealkylation sites (tertiary alicyclic amines) is 1. The maximum Gasteiger partial charge on any atom is 0.0170 e. The number of rotatable bonds is 5. The Bertz CT molecular complexity index is 147. The van der Waals surface area contributed by atoms with Gasteiger partial charge in [-0.25, -0.2) is 0 Å². The molecule has 1 fully saturated rings. The molecule has 84 valence electrons. The summed E-state index contributed by atoms with van der Waals surface area (Å²) in [5, 5.41) is 0. The molecule has 1 saturated heterocycles. The lowest BCUT2D eigenvalue weighted by atomic mass is 9.91. The van der Waals surface area contributed by atoms with Gasteiger partial charge in [0.15, 0.2) is 0 Å². The van der Waals surface area contributed by atoms with Crippen molar-refractivity contribution in [2.45, 2.75) is 52.0 Å². The standard InChI is InChI=1S/C12H26N2/c1-3-5-7-14-9-11(6-4-2)8-12(13)10-14/h11-12H,3-10,13H2,1-2H3. The predicted octanol–water partition coefficient (Wildman–Crippen LogP) is 2.24. The third kappa shape index (κ3) is 3.97. The van der Waals surface area contributed by atoms with Gasteiger partial charge in [0.1, 0.15) is 0 Å². The third-order valence-electron chi connectivity index (χ3n) is 3.17. The van der Waals surface area contributed by atoms with Gasteiger partial charge in [0.05, 0.1) is 0 Å². The zero-order valence-electron chi connectivity index (χ0n) is 9.84. The molecule has 0 amide bonds. The largest absolute Gasteiger partial charge is 0.327 e. The smallest absolute Gasteiger partial charge is 0.0170 e. The molecule has 1 aliphatic heterocycles. The SMILES string of the molecule is CCCCN1CC(N)CC(CCC)C1. The van der Waals surface area contributed by atoms with E-state index in [2.05, 4.69) is 18.7 Å². The second-order valence-electron chi connectivity index (χ2n) is 4.76. The summed E-state index contributed by atoms with van der Waals surface area (Å²) in [4.78, 5) is 2.57. The van der Waals surface area contributed by atoms with Gasteiger partial charge in [-0.1, -0.05) is 26.7 Å². The molecule has 0 radical (unpaired) electrons. The van der Waals surface area contributed by atoms with Crippen LogP contribution in [0, 0.1) is 5.92 Å². The fourth-order valence-corrected chi connectivity index (χ4v) is 2.53. The highest BCUT2D eigenvalue weighted by Crippen LogP contribution is 2.20. The van der Waals surface area contributed by atoms with Crippen LogP contribution in [0.3, 0.4) is 0 Å². The molecule has 0 saturated carbocycles. The fourth-order valence-electron chi connectivity index (χ4n) is 2.53. The first-order valence-electron chi connectivity index (χ1n) is 6.24. The molecular weight excluding hydrogens is 172 g/mol.